The molecule has 3 N–H and O–H groups in total. The third-order valence-electron chi connectivity index (χ3n) is 7.45. The standard InChI is InChI=1S/C39H43N3O7S/c1-6-8-21-49-30-19-17-28(18-20-30)40-39(45)35(7-2)50-31-16-12-15-29(25-31)41-38(44)32(42-37(43)27-13-10-9-11-14-27)22-26-23-33(46-3)36(48-5)34(24-26)47-4/h9-20,22-25,35H,6-8,21H2,1-5H3,(H,40,45)(H,41,44)(H,42,43)/b32-22+. The summed E-state index contributed by atoms with van der Waals surface area (Å²) < 4.78 is 22.1. The Morgan fingerprint density at radius 3 is 2.10 bits per heavy atom. The third kappa shape index (κ3) is 10.5. The van der Waals surface area contributed by atoms with E-state index in [1.165, 1.54) is 39.2 Å². The zero-order chi connectivity index (χ0) is 35.9. The van der Waals surface area contributed by atoms with Crippen molar-refractivity contribution in [2.75, 3.05) is 38.6 Å². The minimum absolute atomic E-state index is 0.0150. The van der Waals surface area contributed by atoms with Crippen LogP contribution < -0.4 is 34.9 Å². The van der Waals surface area contributed by atoms with Crippen molar-refractivity contribution in [3.05, 3.63) is 108 Å². The number of thioether (sulfide) groups is 1. The summed E-state index contributed by atoms with van der Waals surface area (Å²) in [6, 6.07) is 26.5. The van der Waals surface area contributed by atoms with E-state index >= 15 is 0 Å². The van der Waals surface area contributed by atoms with E-state index in [4.69, 9.17) is 18.9 Å². The fourth-order valence-electron chi connectivity index (χ4n) is 4.82. The smallest absolute Gasteiger partial charge is 0.272 e. The summed E-state index contributed by atoms with van der Waals surface area (Å²) in [5.41, 5.74) is 2.06. The van der Waals surface area contributed by atoms with E-state index in [9.17, 15) is 14.4 Å². The van der Waals surface area contributed by atoms with E-state index in [2.05, 4.69) is 22.9 Å². The maximum absolute atomic E-state index is 13.8. The second-order valence-electron chi connectivity index (χ2n) is 11.0. The van der Waals surface area contributed by atoms with Crippen LogP contribution in [0.4, 0.5) is 11.4 Å². The van der Waals surface area contributed by atoms with Gasteiger partial charge in [-0.25, -0.2) is 0 Å². The number of hydrogen-bond donors (Lipinski definition) is 3. The highest BCUT2D eigenvalue weighted by Gasteiger charge is 2.20. The average Bonchev–Trinajstić information content (AvgIpc) is 3.14. The Balaban J connectivity index is 1.52. The van der Waals surface area contributed by atoms with Crippen LogP contribution in [0.15, 0.2) is 102 Å². The van der Waals surface area contributed by atoms with E-state index in [1.54, 1.807) is 60.7 Å². The number of methoxy groups -OCH3 is 3. The first kappa shape index (κ1) is 37.4. The number of carbonyl (C=O) groups excluding carboxylic acids is 3. The Hall–Kier alpha value is -5.42. The molecule has 3 amide bonds. The van der Waals surface area contributed by atoms with Gasteiger partial charge in [-0.1, -0.05) is 44.5 Å². The quantitative estimate of drug-likeness (QED) is 0.0580. The minimum Gasteiger partial charge on any atom is -0.494 e. The first-order chi connectivity index (χ1) is 24.3. The van der Waals surface area contributed by atoms with Crippen LogP contribution in [0.1, 0.15) is 49.0 Å². The molecule has 0 aliphatic rings. The van der Waals surface area contributed by atoms with Crippen LogP contribution in [0.25, 0.3) is 6.08 Å². The Kier molecular flexibility index (Phi) is 14.2. The molecule has 11 heteroatoms. The van der Waals surface area contributed by atoms with Crippen molar-refractivity contribution in [3.8, 4) is 23.0 Å². The number of rotatable bonds is 17. The molecule has 262 valence electrons. The van der Waals surface area contributed by atoms with Crippen molar-refractivity contribution < 1.29 is 33.3 Å². The van der Waals surface area contributed by atoms with Crippen LogP contribution in [0.5, 0.6) is 23.0 Å². The molecule has 0 aliphatic heterocycles. The van der Waals surface area contributed by atoms with Gasteiger partial charge in [0.1, 0.15) is 11.4 Å². The van der Waals surface area contributed by atoms with Gasteiger partial charge in [0, 0.05) is 21.8 Å². The molecule has 0 aromatic heterocycles. The molecule has 0 aliphatic carbocycles. The number of anilines is 2. The summed E-state index contributed by atoms with van der Waals surface area (Å²) >= 11 is 1.39. The fourth-order valence-corrected chi connectivity index (χ4v) is 5.83. The molecule has 0 saturated heterocycles. The van der Waals surface area contributed by atoms with Gasteiger partial charge in [0.25, 0.3) is 11.8 Å². The first-order valence-electron chi connectivity index (χ1n) is 16.3. The predicted octanol–water partition coefficient (Wildman–Crippen LogP) is 7.81. The topological polar surface area (TPSA) is 124 Å². The van der Waals surface area contributed by atoms with Gasteiger partial charge in [-0.15, -0.1) is 11.8 Å². The number of amides is 3. The molecule has 4 rings (SSSR count). The van der Waals surface area contributed by atoms with E-state index in [-0.39, 0.29) is 16.9 Å². The zero-order valence-electron chi connectivity index (χ0n) is 28.9. The molecule has 0 heterocycles. The maximum Gasteiger partial charge on any atom is 0.272 e. The zero-order valence-corrected chi connectivity index (χ0v) is 29.7. The highest BCUT2D eigenvalue weighted by molar-refractivity contribution is 8.00. The lowest BCUT2D eigenvalue weighted by Gasteiger charge is -2.16. The molecule has 4 aromatic rings. The summed E-state index contributed by atoms with van der Waals surface area (Å²) in [6.45, 7) is 4.71. The van der Waals surface area contributed by atoms with Gasteiger partial charge in [-0.05, 0) is 91.2 Å². The van der Waals surface area contributed by atoms with Gasteiger partial charge in [0.2, 0.25) is 11.7 Å². The largest absolute Gasteiger partial charge is 0.494 e. The van der Waals surface area contributed by atoms with Crippen LogP contribution in [0.3, 0.4) is 0 Å². The second-order valence-corrected chi connectivity index (χ2v) is 12.3. The fraction of sp³-hybridized carbons (Fsp3) is 0.256. The molecule has 0 bridgehead atoms. The number of hydrogen-bond acceptors (Lipinski definition) is 8. The lowest BCUT2D eigenvalue weighted by atomic mass is 10.1. The number of carbonyl (C=O) groups is 3. The lowest BCUT2D eigenvalue weighted by Crippen LogP contribution is -2.30. The molecule has 4 aromatic carbocycles. The van der Waals surface area contributed by atoms with Crippen LogP contribution in [0.2, 0.25) is 0 Å². The SMILES string of the molecule is CCCCOc1ccc(NC(=O)C(CC)Sc2cccc(NC(=O)/C(=C\c3cc(OC)c(OC)c(OC)c3)NC(=O)c3ccccc3)c2)cc1. The average molecular weight is 698 g/mol. The lowest BCUT2D eigenvalue weighted by molar-refractivity contribution is -0.116. The summed E-state index contributed by atoms with van der Waals surface area (Å²) in [5.74, 6) is 0.782. The van der Waals surface area contributed by atoms with Gasteiger partial charge in [-0.2, -0.15) is 0 Å². The van der Waals surface area contributed by atoms with Gasteiger partial charge < -0.3 is 34.9 Å². The highest BCUT2D eigenvalue weighted by atomic mass is 32.2. The summed E-state index contributed by atoms with van der Waals surface area (Å²) in [7, 11) is 4.49. The Bertz CT molecular complexity index is 1750. The van der Waals surface area contributed by atoms with Gasteiger partial charge in [0.15, 0.2) is 11.5 Å². The molecule has 1 atom stereocenters. The maximum atomic E-state index is 13.8. The second kappa shape index (κ2) is 18.9. The summed E-state index contributed by atoms with van der Waals surface area (Å²) in [6.07, 6.45) is 4.15. The number of unbranched alkanes of at least 4 members (excludes halogenated alkanes) is 1. The number of ether oxygens (including phenoxy) is 4. The molecule has 10 nitrogen and oxygen atoms in total. The van der Waals surface area contributed by atoms with Crippen LogP contribution in [-0.4, -0.2) is 50.9 Å². The van der Waals surface area contributed by atoms with Crippen LogP contribution in [-0.2, 0) is 9.59 Å². The number of benzene rings is 4. The van der Waals surface area contributed by atoms with Crippen molar-refractivity contribution in [3.63, 3.8) is 0 Å². The van der Waals surface area contributed by atoms with Gasteiger partial charge in [-0.3, -0.25) is 14.4 Å². The predicted molar refractivity (Wildman–Crippen MR) is 198 cm³/mol. The molecular formula is C39H43N3O7S. The minimum atomic E-state index is -0.558. The van der Waals surface area contributed by atoms with Crippen LogP contribution in [0, 0.1) is 0 Å². The molecular weight excluding hydrogens is 655 g/mol. The molecule has 0 spiro atoms. The van der Waals surface area contributed by atoms with Crippen molar-refractivity contribution in [2.45, 2.75) is 43.3 Å². The van der Waals surface area contributed by atoms with Crippen molar-refractivity contribution in [1.29, 1.82) is 0 Å². The third-order valence-corrected chi connectivity index (χ3v) is 8.81. The van der Waals surface area contributed by atoms with E-state index in [0.29, 0.717) is 52.8 Å². The monoisotopic (exact) mass is 697 g/mol. The molecule has 0 radical (unpaired) electrons. The normalized spacial score (nSPS) is 11.6. The molecule has 0 fully saturated rings. The first-order valence-corrected chi connectivity index (χ1v) is 17.2. The van der Waals surface area contributed by atoms with E-state index < -0.39 is 11.8 Å². The molecule has 50 heavy (non-hydrogen) atoms. The summed E-state index contributed by atoms with van der Waals surface area (Å²) in [4.78, 5) is 40.9. The molecule has 1 unspecified atom stereocenters. The van der Waals surface area contributed by atoms with E-state index in [1.807, 2.05) is 37.3 Å². The molecule has 0 saturated carbocycles. The Labute approximate surface area is 297 Å². The van der Waals surface area contributed by atoms with Gasteiger partial charge in [0.05, 0.1) is 33.2 Å². The van der Waals surface area contributed by atoms with Gasteiger partial charge >= 0.3 is 0 Å². The Morgan fingerprint density at radius 1 is 0.780 bits per heavy atom. The van der Waals surface area contributed by atoms with Crippen molar-refractivity contribution in [2.24, 2.45) is 0 Å². The Morgan fingerprint density at radius 2 is 1.48 bits per heavy atom. The van der Waals surface area contributed by atoms with Crippen molar-refractivity contribution in [1.82, 2.24) is 5.32 Å². The van der Waals surface area contributed by atoms with E-state index in [0.717, 1.165) is 23.5 Å². The summed E-state index contributed by atoms with van der Waals surface area (Å²) in [5, 5.41) is 8.24. The van der Waals surface area contributed by atoms with Crippen LogP contribution >= 0.6 is 11.8 Å². The van der Waals surface area contributed by atoms with Crippen molar-refractivity contribution >= 4 is 46.9 Å². The number of nitrogens with one attached hydrogen (secondary N) is 3. The highest BCUT2D eigenvalue weighted by Crippen LogP contribution is 2.39.